The van der Waals surface area contributed by atoms with Crippen LogP contribution in [0.5, 0.6) is 0 Å². The zero-order valence-corrected chi connectivity index (χ0v) is 12.9. The number of hydrogen-bond donors (Lipinski definition) is 2. The second kappa shape index (κ2) is 9.34. The quantitative estimate of drug-likeness (QED) is 0.725. The minimum absolute atomic E-state index is 0.0244. The Bertz CT molecular complexity index is 406. The van der Waals surface area contributed by atoms with E-state index >= 15 is 0 Å². The van der Waals surface area contributed by atoms with Crippen LogP contribution < -0.4 is 10.6 Å². The Hall–Kier alpha value is -1.58. The van der Waals surface area contributed by atoms with E-state index in [2.05, 4.69) is 29.5 Å². The number of hydrogen-bond acceptors (Lipinski definition) is 3. The van der Waals surface area contributed by atoms with Gasteiger partial charge < -0.3 is 10.6 Å². The molecule has 1 atom stereocenters. The van der Waals surface area contributed by atoms with E-state index in [1.165, 1.54) is 0 Å². The summed E-state index contributed by atoms with van der Waals surface area (Å²) in [6, 6.07) is 3.89. The summed E-state index contributed by atoms with van der Waals surface area (Å²) in [5.41, 5.74) is 0.631. The molecule has 1 heterocycles. The molecule has 0 saturated carbocycles. The summed E-state index contributed by atoms with van der Waals surface area (Å²) >= 11 is 0. The molecule has 0 aromatic carbocycles. The number of unbranched alkanes of at least 4 members (excludes halogenated alkanes) is 1. The fourth-order valence-corrected chi connectivity index (χ4v) is 2.25. The average molecular weight is 277 g/mol. The molecular weight excluding hydrogens is 250 g/mol. The van der Waals surface area contributed by atoms with Crippen LogP contribution in [-0.4, -0.2) is 23.5 Å². The fourth-order valence-electron chi connectivity index (χ4n) is 2.25. The number of rotatable bonds is 9. The maximum absolute atomic E-state index is 12.4. The fraction of sp³-hybridized carbons (Fsp3) is 0.625. The van der Waals surface area contributed by atoms with Crippen molar-refractivity contribution in [3.63, 3.8) is 0 Å². The lowest BCUT2D eigenvalue weighted by Gasteiger charge is -2.18. The van der Waals surface area contributed by atoms with Crippen molar-refractivity contribution in [1.82, 2.24) is 10.3 Å². The molecule has 4 heteroatoms. The number of amides is 1. The van der Waals surface area contributed by atoms with Gasteiger partial charge in [0.15, 0.2) is 0 Å². The summed E-state index contributed by atoms with van der Waals surface area (Å²) < 4.78 is 0. The predicted octanol–water partition coefficient (Wildman–Crippen LogP) is 3.60. The lowest BCUT2D eigenvalue weighted by molar-refractivity contribution is 0.0932. The van der Waals surface area contributed by atoms with Crippen molar-refractivity contribution in [3.05, 3.63) is 23.9 Å². The third kappa shape index (κ3) is 5.19. The molecule has 1 aromatic rings. The van der Waals surface area contributed by atoms with Gasteiger partial charge in [-0.05, 0) is 31.9 Å². The molecule has 0 aliphatic rings. The average Bonchev–Trinajstić information content (AvgIpc) is 2.46. The largest absolute Gasteiger partial charge is 0.370 e. The molecule has 1 aromatic heterocycles. The number of pyridine rings is 1. The van der Waals surface area contributed by atoms with Crippen LogP contribution in [-0.2, 0) is 0 Å². The summed E-state index contributed by atoms with van der Waals surface area (Å²) in [5, 5.41) is 6.28. The number of anilines is 1. The highest BCUT2D eigenvalue weighted by atomic mass is 16.1. The van der Waals surface area contributed by atoms with Crippen molar-refractivity contribution in [1.29, 1.82) is 0 Å². The molecule has 1 rings (SSSR count). The number of carbonyl (C=O) groups excluding carboxylic acids is 1. The minimum Gasteiger partial charge on any atom is -0.370 e. The van der Waals surface area contributed by atoms with Crippen LogP contribution in [0.15, 0.2) is 18.3 Å². The maximum atomic E-state index is 12.4. The third-order valence-corrected chi connectivity index (χ3v) is 3.28. The van der Waals surface area contributed by atoms with E-state index in [1.54, 1.807) is 12.3 Å². The van der Waals surface area contributed by atoms with E-state index in [0.717, 1.165) is 38.6 Å². The highest BCUT2D eigenvalue weighted by molar-refractivity contribution is 5.98. The van der Waals surface area contributed by atoms with Gasteiger partial charge >= 0.3 is 0 Å². The van der Waals surface area contributed by atoms with Crippen LogP contribution in [0.2, 0.25) is 0 Å². The Morgan fingerprint density at radius 1 is 1.25 bits per heavy atom. The van der Waals surface area contributed by atoms with Gasteiger partial charge in [0.1, 0.15) is 5.82 Å². The van der Waals surface area contributed by atoms with Gasteiger partial charge in [-0.1, -0.05) is 33.1 Å². The molecule has 1 unspecified atom stereocenters. The zero-order chi connectivity index (χ0) is 14.8. The van der Waals surface area contributed by atoms with Crippen molar-refractivity contribution in [2.75, 3.05) is 11.9 Å². The van der Waals surface area contributed by atoms with Crippen LogP contribution in [0.4, 0.5) is 5.82 Å². The molecule has 0 saturated heterocycles. The van der Waals surface area contributed by atoms with Crippen molar-refractivity contribution in [3.8, 4) is 0 Å². The smallest absolute Gasteiger partial charge is 0.255 e. The molecule has 2 N–H and O–H groups in total. The second-order valence-electron chi connectivity index (χ2n) is 5.03. The summed E-state index contributed by atoms with van der Waals surface area (Å²) in [6.45, 7) is 7.08. The van der Waals surface area contributed by atoms with Gasteiger partial charge in [-0.3, -0.25) is 4.79 Å². The van der Waals surface area contributed by atoms with Gasteiger partial charge in [0.2, 0.25) is 0 Å². The molecule has 0 spiro atoms. The molecule has 0 radical (unpaired) electrons. The zero-order valence-electron chi connectivity index (χ0n) is 12.9. The van der Waals surface area contributed by atoms with E-state index < -0.39 is 0 Å². The van der Waals surface area contributed by atoms with Crippen molar-refractivity contribution in [2.45, 2.75) is 58.9 Å². The van der Waals surface area contributed by atoms with Crippen molar-refractivity contribution in [2.24, 2.45) is 0 Å². The van der Waals surface area contributed by atoms with Crippen LogP contribution in [0.3, 0.4) is 0 Å². The van der Waals surface area contributed by atoms with Crippen molar-refractivity contribution < 1.29 is 4.79 Å². The highest BCUT2D eigenvalue weighted by Gasteiger charge is 2.16. The number of nitrogens with zero attached hydrogens (tertiary/aromatic N) is 1. The first kappa shape index (κ1) is 16.5. The van der Waals surface area contributed by atoms with Crippen LogP contribution in [0.1, 0.15) is 63.2 Å². The maximum Gasteiger partial charge on any atom is 0.255 e. The van der Waals surface area contributed by atoms with Crippen LogP contribution in [0, 0.1) is 0 Å². The van der Waals surface area contributed by atoms with E-state index in [-0.39, 0.29) is 11.9 Å². The normalized spacial score (nSPS) is 11.9. The van der Waals surface area contributed by atoms with Gasteiger partial charge in [-0.2, -0.15) is 0 Å². The standard InChI is InChI=1S/C16H27N3O/c1-4-7-10-13(9-5-2)19-16(20)14-11-8-12-18-15(14)17-6-3/h8,11-13H,4-7,9-10H2,1-3H3,(H,17,18)(H,19,20). The number of nitrogens with one attached hydrogen (secondary N) is 2. The third-order valence-electron chi connectivity index (χ3n) is 3.28. The Kier molecular flexibility index (Phi) is 7.70. The summed E-state index contributed by atoms with van der Waals surface area (Å²) in [4.78, 5) is 16.6. The molecule has 1 amide bonds. The monoisotopic (exact) mass is 277 g/mol. The van der Waals surface area contributed by atoms with Crippen LogP contribution in [0.25, 0.3) is 0 Å². The molecular formula is C16H27N3O. The Balaban J connectivity index is 2.72. The van der Waals surface area contributed by atoms with Gasteiger partial charge in [0.05, 0.1) is 5.56 Å². The first-order valence-electron chi connectivity index (χ1n) is 7.72. The van der Waals surface area contributed by atoms with Gasteiger partial charge in [-0.25, -0.2) is 4.98 Å². The van der Waals surface area contributed by atoms with Gasteiger partial charge in [0, 0.05) is 18.8 Å². The number of aromatic nitrogens is 1. The summed E-state index contributed by atoms with van der Waals surface area (Å²) in [7, 11) is 0. The lowest BCUT2D eigenvalue weighted by Crippen LogP contribution is -2.35. The topological polar surface area (TPSA) is 54.0 Å². The second-order valence-corrected chi connectivity index (χ2v) is 5.03. The molecule has 0 fully saturated rings. The number of carbonyl (C=O) groups is 1. The summed E-state index contributed by atoms with van der Waals surface area (Å²) in [6.07, 6.45) is 7.18. The minimum atomic E-state index is -0.0244. The molecule has 0 bridgehead atoms. The van der Waals surface area contributed by atoms with Crippen LogP contribution >= 0.6 is 0 Å². The molecule has 4 nitrogen and oxygen atoms in total. The first-order chi connectivity index (χ1) is 9.72. The van der Waals surface area contributed by atoms with E-state index in [1.807, 2.05) is 13.0 Å². The van der Waals surface area contributed by atoms with Gasteiger partial charge in [-0.15, -0.1) is 0 Å². The highest BCUT2D eigenvalue weighted by Crippen LogP contribution is 2.13. The molecule has 20 heavy (non-hydrogen) atoms. The van der Waals surface area contributed by atoms with E-state index in [9.17, 15) is 4.79 Å². The van der Waals surface area contributed by atoms with Crippen molar-refractivity contribution >= 4 is 11.7 Å². The Morgan fingerprint density at radius 2 is 2.05 bits per heavy atom. The Labute approximate surface area is 122 Å². The first-order valence-corrected chi connectivity index (χ1v) is 7.72. The van der Waals surface area contributed by atoms with E-state index in [0.29, 0.717) is 11.4 Å². The Morgan fingerprint density at radius 3 is 2.70 bits per heavy atom. The van der Waals surface area contributed by atoms with Gasteiger partial charge in [0.25, 0.3) is 5.91 Å². The lowest BCUT2D eigenvalue weighted by atomic mass is 10.0. The SMILES string of the molecule is CCCCC(CCC)NC(=O)c1cccnc1NCC. The van der Waals surface area contributed by atoms with E-state index in [4.69, 9.17) is 0 Å². The molecule has 112 valence electrons. The molecule has 0 aliphatic heterocycles. The predicted molar refractivity (Wildman–Crippen MR) is 84.1 cm³/mol. The summed E-state index contributed by atoms with van der Waals surface area (Å²) in [5.74, 6) is 0.641. The molecule has 0 aliphatic carbocycles.